The molecule has 0 saturated carbocycles. The van der Waals surface area contributed by atoms with Crippen LogP contribution in [-0.2, 0) is 9.53 Å². The minimum absolute atomic E-state index is 0.397. The number of aliphatic hydroxyl groups is 1. The highest BCUT2D eigenvalue weighted by molar-refractivity contribution is 5.84. The summed E-state index contributed by atoms with van der Waals surface area (Å²) < 4.78 is 4.91. The highest BCUT2D eigenvalue weighted by Crippen LogP contribution is 2.23. The van der Waals surface area contributed by atoms with Crippen LogP contribution in [0.15, 0.2) is 36.4 Å². The molecule has 3 heteroatoms. The van der Waals surface area contributed by atoms with Gasteiger partial charge in [0.2, 0.25) is 0 Å². The molecule has 2 rings (SSSR count). The van der Waals surface area contributed by atoms with Gasteiger partial charge in [-0.2, -0.15) is 0 Å². The summed E-state index contributed by atoms with van der Waals surface area (Å²) in [7, 11) is 0. The van der Waals surface area contributed by atoms with Crippen LogP contribution in [0.1, 0.15) is 17.2 Å². The summed E-state index contributed by atoms with van der Waals surface area (Å²) in [6.07, 6.45) is 1.57. The van der Waals surface area contributed by atoms with Crippen molar-refractivity contribution in [3.05, 3.63) is 47.5 Å². The van der Waals surface area contributed by atoms with Crippen molar-refractivity contribution in [1.29, 1.82) is 0 Å². The second-order valence-corrected chi connectivity index (χ2v) is 3.62. The van der Waals surface area contributed by atoms with Crippen LogP contribution in [-0.4, -0.2) is 17.2 Å². The van der Waals surface area contributed by atoms with Crippen LogP contribution in [0, 0.1) is 6.92 Å². The molecule has 0 fully saturated rings. The molecule has 1 heterocycles. The van der Waals surface area contributed by atoms with Crippen LogP contribution in [0.4, 0.5) is 0 Å². The topological polar surface area (TPSA) is 46.5 Å². The number of benzene rings is 1. The highest BCUT2D eigenvalue weighted by Gasteiger charge is 2.25. The number of ether oxygens (including phenoxy) is 1. The Labute approximate surface area is 88.0 Å². The van der Waals surface area contributed by atoms with E-state index >= 15 is 0 Å². The Balaban J connectivity index is 2.14. The van der Waals surface area contributed by atoms with Gasteiger partial charge in [-0.15, -0.1) is 0 Å². The number of aryl methyl sites for hydroxylation is 1. The molecule has 1 N–H and O–H groups in total. The van der Waals surface area contributed by atoms with E-state index in [9.17, 15) is 9.90 Å². The quantitative estimate of drug-likeness (QED) is 0.743. The van der Waals surface area contributed by atoms with Crippen LogP contribution in [0.3, 0.4) is 0 Å². The first kappa shape index (κ1) is 9.93. The molecule has 1 aromatic carbocycles. The van der Waals surface area contributed by atoms with Gasteiger partial charge in [0.25, 0.3) is 0 Å². The molecule has 1 unspecified atom stereocenters. The number of cyclic esters (lactones) is 1. The fraction of sp³-hybridized carbons (Fsp3) is 0.250. The molecule has 1 aliphatic heterocycles. The predicted molar refractivity (Wildman–Crippen MR) is 55.2 cm³/mol. The number of rotatable bonds is 2. The first-order valence-electron chi connectivity index (χ1n) is 4.80. The van der Waals surface area contributed by atoms with Gasteiger partial charge >= 0.3 is 5.97 Å². The van der Waals surface area contributed by atoms with Gasteiger partial charge in [0.1, 0.15) is 6.10 Å². The van der Waals surface area contributed by atoms with E-state index in [0.29, 0.717) is 0 Å². The molecule has 1 aromatic rings. The minimum atomic E-state index is -0.784. The van der Waals surface area contributed by atoms with E-state index in [1.807, 2.05) is 31.2 Å². The van der Waals surface area contributed by atoms with Gasteiger partial charge in [-0.3, -0.25) is 0 Å². The maximum atomic E-state index is 10.8. The molecule has 78 valence electrons. The number of hydrogen-bond donors (Lipinski definition) is 1. The minimum Gasteiger partial charge on any atom is -0.452 e. The molecule has 3 nitrogen and oxygen atoms in total. The molecule has 0 aliphatic carbocycles. The number of carbonyl (C=O) groups excluding carboxylic acids is 1. The zero-order valence-electron chi connectivity index (χ0n) is 8.38. The Bertz CT molecular complexity index is 392. The lowest BCUT2D eigenvalue weighted by Gasteiger charge is -2.16. The monoisotopic (exact) mass is 204 g/mol. The van der Waals surface area contributed by atoms with Crippen molar-refractivity contribution in [2.24, 2.45) is 0 Å². The van der Waals surface area contributed by atoms with E-state index in [1.165, 1.54) is 6.08 Å². The van der Waals surface area contributed by atoms with Crippen molar-refractivity contribution in [2.45, 2.75) is 19.1 Å². The predicted octanol–water partition coefficient (Wildman–Crippen LogP) is 1.51. The van der Waals surface area contributed by atoms with Crippen molar-refractivity contribution in [1.82, 2.24) is 0 Å². The highest BCUT2D eigenvalue weighted by atomic mass is 16.6. The summed E-state index contributed by atoms with van der Waals surface area (Å²) >= 11 is 0. The summed E-state index contributed by atoms with van der Waals surface area (Å²) in [5.74, 6) is -0.397. The maximum absolute atomic E-state index is 10.8. The van der Waals surface area contributed by atoms with Crippen LogP contribution < -0.4 is 0 Å². The third kappa shape index (κ3) is 2.07. The van der Waals surface area contributed by atoms with Crippen LogP contribution in [0.25, 0.3) is 0 Å². The third-order valence-electron chi connectivity index (χ3n) is 2.40. The second-order valence-electron chi connectivity index (χ2n) is 3.62. The Morgan fingerprint density at radius 3 is 2.53 bits per heavy atom. The van der Waals surface area contributed by atoms with Crippen molar-refractivity contribution in [2.75, 3.05) is 0 Å². The lowest BCUT2D eigenvalue weighted by molar-refractivity contribution is -0.142. The number of hydrogen-bond acceptors (Lipinski definition) is 3. The summed E-state index contributed by atoms with van der Waals surface area (Å²) in [5, 5.41) is 9.90. The van der Waals surface area contributed by atoms with E-state index in [0.717, 1.165) is 11.1 Å². The summed E-state index contributed by atoms with van der Waals surface area (Å²) in [6.45, 7) is 1.98. The van der Waals surface area contributed by atoms with Gasteiger partial charge in [0.05, 0.1) is 0 Å². The van der Waals surface area contributed by atoms with E-state index in [4.69, 9.17) is 4.74 Å². The van der Waals surface area contributed by atoms with Gasteiger partial charge < -0.3 is 9.84 Å². The smallest absolute Gasteiger partial charge is 0.331 e. The van der Waals surface area contributed by atoms with E-state index in [1.54, 1.807) is 6.08 Å². The molecular weight excluding hydrogens is 192 g/mol. The van der Waals surface area contributed by atoms with Crippen LogP contribution in [0.2, 0.25) is 0 Å². The normalized spacial score (nSPS) is 21.5. The zero-order valence-corrected chi connectivity index (χ0v) is 8.38. The zero-order chi connectivity index (χ0) is 10.8. The molecule has 0 bridgehead atoms. The molecule has 0 spiro atoms. The lowest BCUT2D eigenvalue weighted by Crippen LogP contribution is -2.18. The molecule has 15 heavy (non-hydrogen) atoms. The number of aliphatic hydroxyl groups excluding tert-OH is 1. The molecule has 1 aliphatic rings. The van der Waals surface area contributed by atoms with Crippen LogP contribution in [0.5, 0.6) is 0 Å². The summed E-state index contributed by atoms with van der Waals surface area (Å²) in [5.41, 5.74) is 1.88. The van der Waals surface area contributed by atoms with Crippen molar-refractivity contribution < 1.29 is 14.6 Å². The molecule has 2 atom stereocenters. The Morgan fingerprint density at radius 1 is 1.33 bits per heavy atom. The van der Waals surface area contributed by atoms with Crippen molar-refractivity contribution in [3.63, 3.8) is 0 Å². The average Bonchev–Trinajstić information content (AvgIpc) is 2.65. The second kappa shape index (κ2) is 3.87. The third-order valence-corrected chi connectivity index (χ3v) is 2.40. The lowest BCUT2D eigenvalue weighted by atomic mass is 10.0. The van der Waals surface area contributed by atoms with Crippen LogP contribution >= 0.6 is 0 Å². The van der Waals surface area contributed by atoms with E-state index in [2.05, 4.69) is 0 Å². The number of carbonyl (C=O) groups is 1. The Hall–Kier alpha value is -1.61. The van der Waals surface area contributed by atoms with Crippen molar-refractivity contribution >= 4 is 5.97 Å². The summed E-state index contributed by atoms with van der Waals surface area (Å²) in [6, 6.07) is 7.50. The summed E-state index contributed by atoms with van der Waals surface area (Å²) in [4.78, 5) is 10.8. The fourth-order valence-electron chi connectivity index (χ4n) is 1.51. The molecule has 0 amide bonds. The largest absolute Gasteiger partial charge is 0.452 e. The average molecular weight is 204 g/mol. The number of esters is 1. The van der Waals surface area contributed by atoms with Gasteiger partial charge in [-0.25, -0.2) is 4.79 Å². The molecule has 0 saturated heterocycles. The molecular formula is C12H12O3. The SMILES string of the molecule is Cc1ccc([C@H](O)C2C=CC(=O)O2)cc1. The standard InChI is InChI=1S/C12H12O3/c1-8-2-4-9(5-3-8)12(14)10-6-7-11(13)15-10/h2-7,10,12,14H,1H3/t10?,12-/m0/s1. The Kier molecular flexibility index (Phi) is 2.56. The molecule has 0 aromatic heterocycles. The van der Waals surface area contributed by atoms with Crippen molar-refractivity contribution in [3.8, 4) is 0 Å². The maximum Gasteiger partial charge on any atom is 0.331 e. The fourth-order valence-corrected chi connectivity index (χ4v) is 1.51. The Morgan fingerprint density at radius 2 is 2.00 bits per heavy atom. The molecule has 0 radical (unpaired) electrons. The van der Waals surface area contributed by atoms with Gasteiger partial charge in [-0.1, -0.05) is 29.8 Å². The van der Waals surface area contributed by atoms with Gasteiger partial charge in [-0.05, 0) is 18.6 Å². The van der Waals surface area contributed by atoms with E-state index < -0.39 is 18.2 Å². The van der Waals surface area contributed by atoms with E-state index in [-0.39, 0.29) is 0 Å². The first-order chi connectivity index (χ1) is 7.16. The van der Waals surface area contributed by atoms with Gasteiger partial charge in [0.15, 0.2) is 6.10 Å². The first-order valence-corrected chi connectivity index (χ1v) is 4.80. The van der Waals surface area contributed by atoms with Gasteiger partial charge in [0, 0.05) is 6.08 Å².